The number of nitrogens with zero attached hydrogens (tertiary/aromatic N) is 1. The van der Waals surface area contributed by atoms with Gasteiger partial charge in [0.25, 0.3) is 5.91 Å². The third-order valence-electron chi connectivity index (χ3n) is 4.65. The molecular weight excluding hydrogens is 428 g/mol. The van der Waals surface area contributed by atoms with E-state index in [-0.39, 0.29) is 34.5 Å². The maximum atomic E-state index is 12.9. The molecule has 9 heteroatoms. The zero-order chi connectivity index (χ0) is 21.6. The maximum absolute atomic E-state index is 12.9. The Balaban J connectivity index is 1.56. The van der Waals surface area contributed by atoms with Crippen molar-refractivity contribution in [2.24, 2.45) is 0 Å². The molecule has 1 N–H and O–H groups in total. The summed E-state index contributed by atoms with van der Waals surface area (Å²) in [5.74, 6) is 0.428. The molecule has 30 heavy (non-hydrogen) atoms. The second-order valence-electron chi connectivity index (χ2n) is 6.94. The molecule has 1 heterocycles. The van der Waals surface area contributed by atoms with E-state index < -0.39 is 10.0 Å². The largest absolute Gasteiger partial charge is 0.494 e. The molecule has 0 bridgehead atoms. The first kappa shape index (κ1) is 22.6. The summed E-state index contributed by atoms with van der Waals surface area (Å²) in [6, 6.07) is 12.0. The normalized spacial score (nSPS) is 15.0. The van der Waals surface area contributed by atoms with E-state index in [1.165, 1.54) is 22.5 Å². The van der Waals surface area contributed by atoms with Crippen LogP contribution >= 0.6 is 11.6 Å². The SMILES string of the molecule is Cc1cccc(OCCCNC(=O)c2ccc(Cl)c(S(=O)(=O)N3CCOCC3)c2)c1. The summed E-state index contributed by atoms with van der Waals surface area (Å²) >= 11 is 6.13. The number of halogens is 1. The zero-order valence-corrected chi connectivity index (χ0v) is 18.3. The highest BCUT2D eigenvalue weighted by Crippen LogP contribution is 2.26. The predicted molar refractivity (Wildman–Crippen MR) is 115 cm³/mol. The molecule has 2 aromatic rings. The molecule has 162 valence electrons. The van der Waals surface area contributed by atoms with Crippen LogP contribution in [0.15, 0.2) is 47.4 Å². The molecule has 1 aliphatic heterocycles. The first-order valence-electron chi connectivity index (χ1n) is 9.73. The van der Waals surface area contributed by atoms with Gasteiger partial charge in [0.1, 0.15) is 10.6 Å². The number of hydrogen-bond acceptors (Lipinski definition) is 5. The molecule has 3 rings (SSSR count). The summed E-state index contributed by atoms with van der Waals surface area (Å²) in [6.45, 7) is 4.04. The topological polar surface area (TPSA) is 84.9 Å². The van der Waals surface area contributed by atoms with Crippen molar-refractivity contribution < 1.29 is 22.7 Å². The molecule has 1 fully saturated rings. The Morgan fingerprint density at radius 2 is 1.97 bits per heavy atom. The minimum Gasteiger partial charge on any atom is -0.494 e. The molecule has 1 aliphatic rings. The molecule has 1 saturated heterocycles. The Labute approximate surface area is 182 Å². The summed E-state index contributed by atoms with van der Waals surface area (Å²) in [7, 11) is -3.79. The van der Waals surface area contributed by atoms with Crippen LogP contribution in [0.4, 0.5) is 0 Å². The summed E-state index contributed by atoms with van der Waals surface area (Å²) in [5.41, 5.74) is 1.36. The Bertz CT molecular complexity index is 991. The van der Waals surface area contributed by atoms with E-state index in [4.69, 9.17) is 21.1 Å². The Kier molecular flexibility index (Phi) is 7.71. The van der Waals surface area contributed by atoms with Gasteiger partial charge in [-0.1, -0.05) is 23.7 Å². The van der Waals surface area contributed by atoms with Crippen LogP contribution in [0.5, 0.6) is 5.75 Å². The molecule has 0 spiro atoms. The van der Waals surface area contributed by atoms with Crippen molar-refractivity contribution >= 4 is 27.5 Å². The van der Waals surface area contributed by atoms with Crippen molar-refractivity contribution in [2.45, 2.75) is 18.2 Å². The molecule has 0 saturated carbocycles. The highest BCUT2D eigenvalue weighted by Gasteiger charge is 2.29. The number of benzene rings is 2. The van der Waals surface area contributed by atoms with Crippen molar-refractivity contribution in [1.82, 2.24) is 9.62 Å². The summed E-state index contributed by atoms with van der Waals surface area (Å²) in [6.07, 6.45) is 0.617. The van der Waals surface area contributed by atoms with Crippen LogP contribution in [0, 0.1) is 6.92 Å². The average Bonchev–Trinajstić information content (AvgIpc) is 2.74. The fourth-order valence-corrected chi connectivity index (χ4v) is 4.95. The smallest absolute Gasteiger partial charge is 0.251 e. The number of rotatable bonds is 8. The minimum atomic E-state index is -3.79. The van der Waals surface area contributed by atoms with Gasteiger partial charge in [0.2, 0.25) is 10.0 Å². The molecule has 0 aromatic heterocycles. The van der Waals surface area contributed by atoms with Crippen molar-refractivity contribution in [3.05, 3.63) is 58.6 Å². The number of aryl methyl sites for hydroxylation is 1. The lowest BCUT2D eigenvalue weighted by Gasteiger charge is -2.26. The third kappa shape index (κ3) is 5.72. The van der Waals surface area contributed by atoms with Gasteiger partial charge in [-0.05, 0) is 49.2 Å². The van der Waals surface area contributed by atoms with Crippen LogP contribution in [-0.2, 0) is 14.8 Å². The van der Waals surface area contributed by atoms with Crippen molar-refractivity contribution in [3.63, 3.8) is 0 Å². The molecule has 0 radical (unpaired) electrons. The van der Waals surface area contributed by atoms with E-state index in [0.717, 1.165) is 11.3 Å². The third-order valence-corrected chi connectivity index (χ3v) is 7.03. The number of morpholine rings is 1. The van der Waals surface area contributed by atoms with Gasteiger partial charge in [-0.2, -0.15) is 4.31 Å². The maximum Gasteiger partial charge on any atom is 0.251 e. The molecule has 2 aromatic carbocycles. The van der Waals surface area contributed by atoms with Crippen LogP contribution in [0.1, 0.15) is 22.3 Å². The van der Waals surface area contributed by atoms with Gasteiger partial charge in [0, 0.05) is 25.2 Å². The van der Waals surface area contributed by atoms with Gasteiger partial charge >= 0.3 is 0 Å². The number of nitrogens with one attached hydrogen (secondary N) is 1. The number of hydrogen-bond donors (Lipinski definition) is 1. The van der Waals surface area contributed by atoms with Gasteiger partial charge in [0.05, 0.1) is 24.8 Å². The van der Waals surface area contributed by atoms with Crippen molar-refractivity contribution in [3.8, 4) is 5.75 Å². The Morgan fingerprint density at radius 3 is 2.70 bits per heavy atom. The van der Waals surface area contributed by atoms with Gasteiger partial charge in [0.15, 0.2) is 0 Å². The number of sulfonamides is 1. The molecular formula is C21H25ClN2O5S. The lowest BCUT2D eigenvalue weighted by molar-refractivity contribution is 0.0730. The summed E-state index contributed by atoms with van der Waals surface area (Å²) in [5, 5.41) is 2.87. The van der Waals surface area contributed by atoms with Crippen molar-refractivity contribution in [2.75, 3.05) is 39.5 Å². The molecule has 0 atom stereocenters. The Hall–Kier alpha value is -2.13. The molecule has 7 nitrogen and oxygen atoms in total. The van der Waals surface area contributed by atoms with Gasteiger partial charge in [-0.3, -0.25) is 4.79 Å². The van der Waals surface area contributed by atoms with E-state index in [1.807, 2.05) is 31.2 Å². The monoisotopic (exact) mass is 452 g/mol. The quantitative estimate of drug-likeness (QED) is 0.622. The number of carbonyl (C=O) groups excluding carboxylic acids is 1. The first-order valence-corrected chi connectivity index (χ1v) is 11.5. The second kappa shape index (κ2) is 10.3. The fourth-order valence-electron chi connectivity index (χ4n) is 3.04. The van der Waals surface area contributed by atoms with E-state index in [0.29, 0.717) is 32.8 Å². The minimum absolute atomic E-state index is 0.0681. The highest BCUT2D eigenvalue weighted by atomic mass is 35.5. The molecule has 0 aliphatic carbocycles. The lowest BCUT2D eigenvalue weighted by atomic mass is 10.2. The summed E-state index contributed by atoms with van der Waals surface area (Å²) < 4.78 is 37.9. The van der Waals surface area contributed by atoms with E-state index in [9.17, 15) is 13.2 Å². The number of amides is 1. The second-order valence-corrected chi connectivity index (χ2v) is 9.25. The molecule has 1 amide bonds. The van der Waals surface area contributed by atoms with Crippen LogP contribution in [0.25, 0.3) is 0 Å². The average molecular weight is 453 g/mol. The molecule has 0 unspecified atom stereocenters. The number of ether oxygens (including phenoxy) is 2. The number of carbonyl (C=O) groups is 1. The zero-order valence-electron chi connectivity index (χ0n) is 16.8. The van der Waals surface area contributed by atoms with Crippen molar-refractivity contribution in [1.29, 1.82) is 0 Å². The van der Waals surface area contributed by atoms with E-state index in [2.05, 4.69) is 5.32 Å². The van der Waals surface area contributed by atoms with E-state index >= 15 is 0 Å². The van der Waals surface area contributed by atoms with Crippen LogP contribution in [-0.4, -0.2) is 58.1 Å². The van der Waals surface area contributed by atoms with Gasteiger partial charge in [-0.15, -0.1) is 0 Å². The van der Waals surface area contributed by atoms with Crippen LogP contribution in [0.2, 0.25) is 5.02 Å². The fraction of sp³-hybridized carbons (Fsp3) is 0.381. The lowest BCUT2D eigenvalue weighted by Crippen LogP contribution is -2.40. The van der Waals surface area contributed by atoms with Crippen LogP contribution < -0.4 is 10.1 Å². The van der Waals surface area contributed by atoms with Gasteiger partial charge < -0.3 is 14.8 Å². The standard InChI is InChI=1S/C21H25ClN2O5S/c1-16-4-2-5-18(14-16)29-11-3-8-23-21(25)17-6-7-19(22)20(15-17)30(26,27)24-9-12-28-13-10-24/h2,4-7,14-15H,3,8-13H2,1H3,(H,23,25). The van der Waals surface area contributed by atoms with Crippen LogP contribution in [0.3, 0.4) is 0 Å². The van der Waals surface area contributed by atoms with E-state index in [1.54, 1.807) is 0 Å². The predicted octanol–water partition coefficient (Wildman–Crippen LogP) is 2.87. The first-order chi connectivity index (χ1) is 14.4. The highest BCUT2D eigenvalue weighted by molar-refractivity contribution is 7.89. The van der Waals surface area contributed by atoms with Gasteiger partial charge in [-0.25, -0.2) is 8.42 Å². The Morgan fingerprint density at radius 1 is 1.20 bits per heavy atom. The summed E-state index contributed by atoms with van der Waals surface area (Å²) in [4.78, 5) is 12.4.